The number of carbonyl (C=O) groups excluding carboxylic acids is 2. The number of fused-ring (bicyclic) bond motifs is 1. The van der Waals surface area contributed by atoms with E-state index in [0.29, 0.717) is 10.6 Å². The summed E-state index contributed by atoms with van der Waals surface area (Å²) in [6.07, 6.45) is 5.04. The van der Waals surface area contributed by atoms with Crippen molar-refractivity contribution in [3.63, 3.8) is 0 Å². The van der Waals surface area contributed by atoms with Gasteiger partial charge in [-0.2, -0.15) is 0 Å². The lowest BCUT2D eigenvalue weighted by molar-refractivity contribution is -0.111. The van der Waals surface area contributed by atoms with Crippen LogP contribution in [0.3, 0.4) is 0 Å². The van der Waals surface area contributed by atoms with Gasteiger partial charge in [0.1, 0.15) is 22.4 Å². The minimum atomic E-state index is -0.458. The fraction of sp³-hybridized carbons (Fsp3) is 0.154. The lowest BCUT2D eigenvalue weighted by Crippen LogP contribution is -2.18. The van der Waals surface area contributed by atoms with Crippen molar-refractivity contribution in [1.29, 1.82) is 0 Å². The number of hydrogen-bond acceptors (Lipinski definition) is 5. The second-order valence-electron chi connectivity index (χ2n) is 7.20. The summed E-state index contributed by atoms with van der Waals surface area (Å²) in [6, 6.07) is 17.3. The molecular formula is C26H23NO4S. The Morgan fingerprint density at radius 3 is 2.66 bits per heavy atom. The molecule has 0 bridgehead atoms. The highest BCUT2D eigenvalue weighted by molar-refractivity contribution is 7.15. The predicted molar refractivity (Wildman–Crippen MR) is 128 cm³/mol. The quantitative estimate of drug-likeness (QED) is 0.376. The lowest BCUT2D eigenvalue weighted by Gasteiger charge is -2.22. The maximum absolute atomic E-state index is 12.7. The molecular weight excluding hydrogens is 422 g/mol. The Morgan fingerprint density at radius 2 is 1.88 bits per heavy atom. The van der Waals surface area contributed by atoms with Crippen LogP contribution >= 0.6 is 11.3 Å². The molecule has 2 heterocycles. The van der Waals surface area contributed by atoms with Crippen LogP contribution in [0.1, 0.15) is 29.8 Å². The summed E-state index contributed by atoms with van der Waals surface area (Å²) < 4.78 is 11.2. The Balaban J connectivity index is 1.56. The number of esters is 1. The summed E-state index contributed by atoms with van der Waals surface area (Å²) in [5.74, 6) is 0.0391. The minimum Gasteiger partial charge on any atom is -0.485 e. The first kappa shape index (κ1) is 21.6. The fourth-order valence-corrected chi connectivity index (χ4v) is 4.42. The van der Waals surface area contributed by atoms with E-state index in [4.69, 9.17) is 9.47 Å². The van der Waals surface area contributed by atoms with Gasteiger partial charge in [-0.3, -0.25) is 4.79 Å². The van der Waals surface area contributed by atoms with Gasteiger partial charge in [0.15, 0.2) is 0 Å². The first-order valence-electron chi connectivity index (χ1n) is 10.4. The van der Waals surface area contributed by atoms with Gasteiger partial charge in [-0.1, -0.05) is 48.5 Å². The number of thiophene rings is 1. The first-order chi connectivity index (χ1) is 15.6. The van der Waals surface area contributed by atoms with Crippen molar-refractivity contribution in [2.45, 2.75) is 20.0 Å². The zero-order valence-electron chi connectivity index (χ0n) is 17.8. The Bertz CT molecular complexity index is 1190. The highest BCUT2D eigenvalue weighted by Gasteiger charge is 2.22. The molecule has 1 aliphatic rings. The van der Waals surface area contributed by atoms with Gasteiger partial charge < -0.3 is 14.8 Å². The second kappa shape index (κ2) is 9.66. The van der Waals surface area contributed by atoms with Crippen LogP contribution < -0.4 is 10.1 Å². The van der Waals surface area contributed by atoms with Gasteiger partial charge in [-0.15, -0.1) is 11.3 Å². The maximum atomic E-state index is 12.7. The number of hydrogen-bond donors (Lipinski definition) is 1. The van der Waals surface area contributed by atoms with E-state index in [2.05, 4.69) is 5.32 Å². The fourth-order valence-electron chi connectivity index (χ4n) is 3.46. The van der Waals surface area contributed by atoms with E-state index in [1.807, 2.05) is 73.0 Å². The number of amides is 1. The molecule has 1 N–H and O–H groups in total. The van der Waals surface area contributed by atoms with Crippen molar-refractivity contribution in [3.8, 4) is 16.9 Å². The normalized spacial score (nSPS) is 14.9. The highest BCUT2D eigenvalue weighted by atomic mass is 32.1. The number of ether oxygens (including phenoxy) is 2. The van der Waals surface area contributed by atoms with Gasteiger partial charge in [0.2, 0.25) is 5.91 Å². The molecule has 0 spiro atoms. The second-order valence-corrected chi connectivity index (χ2v) is 8.08. The van der Waals surface area contributed by atoms with Crippen molar-refractivity contribution < 1.29 is 19.1 Å². The maximum Gasteiger partial charge on any atom is 0.341 e. The summed E-state index contributed by atoms with van der Waals surface area (Å²) in [5, 5.41) is 5.16. The topological polar surface area (TPSA) is 64.6 Å². The molecule has 1 amide bonds. The Labute approximate surface area is 191 Å². The molecule has 1 aromatic heterocycles. The van der Waals surface area contributed by atoms with Crippen LogP contribution in [0.2, 0.25) is 0 Å². The molecule has 0 saturated carbocycles. The number of nitrogens with one attached hydrogen (secondary N) is 1. The Kier molecular flexibility index (Phi) is 6.52. The number of benzene rings is 2. The van der Waals surface area contributed by atoms with E-state index in [9.17, 15) is 9.59 Å². The van der Waals surface area contributed by atoms with Crippen molar-refractivity contribution in [1.82, 2.24) is 0 Å². The third-order valence-electron chi connectivity index (χ3n) is 5.03. The zero-order valence-corrected chi connectivity index (χ0v) is 18.6. The van der Waals surface area contributed by atoms with Gasteiger partial charge in [-0.25, -0.2) is 4.79 Å². The van der Waals surface area contributed by atoms with Gasteiger partial charge in [0.25, 0.3) is 0 Å². The van der Waals surface area contributed by atoms with E-state index in [0.717, 1.165) is 28.0 Å². The molecule has 6 heteroatoms. The summed E-state index contributed by atoms with van der Waals surface area (Å²) in [7, 11) is 0. The third-order valence-corrected chi connectivity index (χ3v) is 5.93. The summed E-state index contributed by atoms with van der Waals surface area (Å²) in [4.78, 5) is 25.3. The van der Waals surface area contributed by atoms with Crippen LogP contribution in [-0.2, 0) is 9.53 Å². The van der Waals surface area contributed by atoms with Crippen molar-refractivity contribution >= 4 is 34.3 Å². The molecule has 1 unspecified atom stereocenters. The number of carbonyl (C=O) groups is 2. The van der Waals surface area contributed by atoms with Gasteiger partial charge >= 0.3 is 5.97 Å². The molecule has 32 heavy (non-hydrogen) atoms. The average molecular weight is 446 g/mol. The highest BCUT2D eigenvalue weighted by Crippen LogP contribution is 2.36. The summed E-state index contributed by atoms with van der Waals surface area (Å²) in [5.41, 5.74) is 3.86. The number of para-hydroxylation sites is 1. The zero-order chi connectivity index (χ0) is 22.5. The molecule has 1 aliphatic heterocycles. The predicted octanol–water partition coefficient (Wildman–Crippen LogP) is 5.95. The minimum absolute atomic E-state index is 0.171. The average Bonchev–Trinajstić information content (AvgIpc) is 3.22. The van der Waals surface area contributed by atoms with E-state index < -0.39 is 5.97 Å². The smallest absolute Gasteiger partial charge is 0.341 e. The standard InChI is InChI=1S/C26H23NO4S/c1-3-30-26(29)24-21(18-9-5-4-6-10-18)16-32-25(24)27-23(28)14-13-19-15-20-11-7-8-12-22(20)31-17(19)2/h4-17H,3H2,1-2H3,(H,27,28). The van der Waals surface area contributed by atoms with Crippen LogP contribution in [0.15, 0.2) is 77.7 Å². The molecule has 0 radical (unpaired) electrons. The van der Waals surface area contributed by atoms with Crippen molar-refractivity contribution in [2.75, 3.05) is 11.9 Å². The molecule has 2 aromatic carbocycles. The third kappa shape index (κ3) is 4.65. The van der Waals surface area contributed by atoms with Crippen molar-refractivity contribution in [2.24, 2.45) is 0 Å². The number of rotatable bonds is 6. The molecule has 3 aromatic rings. The summed E-state index contributed by atoms with van der Waals surface area (Å²) >= 11 is 1.30. The summed E-state index contributed by atoms with van der Waals surface area (Å²) in [6.45, 7) is 3.95. The van der Waals surface area contributed by atoms with E-state index in [1.54, 1.807) is 13.0 Å². The van der Waals surface area contributed by atoms with Crippen LogP contribution in [-0.4, -0.2) is 24.6 Å². The molecule has 0 aliphatic carbocycles. The molecule has 0 fully saturated rings. The molecule has 1 atom stereocenters. The Morgan fingerprint density at radius 1 is 1.12 bits per heavy atom. The molecule has 5 nitrogen and oxygen atoms in total. The van der Waals surface area contributed by atoms with Crippen LogP contribution in [0.5, 0.6) is 5.75 Å². The molecule has 162 valence electrons. The van der Waals surface area contributed by atoms with Crippen LogP contribution in [0.25, 0.3) is 17.2 Å². The van der Waals surface area contributed by atoms with Gasteiger partial charge in [-0.05, 0) is 43.2 Å². The largest absolute Gasteiger partial charge is 0.485 e. The van der Waals surface area contributed by atoms with E-state index in [-0.39, 0.29) is 18.6 Å². The van der Waals surface area contributed by atoms with Crippen LogP contribution in [0, 0.1) is 0 Å². The first-order valence-corrected chi connectivity index (χ1v) is 11.2. The van der Waals surface area contributed by atoms with Crippen LogP contribution in [0.4, 0.5) is 5.00 Å². The Hall–Kier alpha value is -3.64. The molecule has 0 saturated heterocycles. The molecule has 4 rings (SSSR count). The van der Waals surface area contributed by atoms with E-state index >= 15 is 0 Å². The monoisotopic (exact) mass is 445 g/mol. The lowest BCUT2D eigenvalue weighted by atomic mass is 10.0. The SMILES string of the molecule is CCOC(=O)c1c(-c2ccccc2)csc1NC(=O)C=CC1=Cc2ccccc2OC1C. The van der Waals surface area contributed by atoms with Crippen molar-refractivity contribution in [3.05, 3.63) is 88.8 Å². The van der Waals surface area contributed by atoms with E-state index in [1.165, 1.54) is 17.4 Å². The van der Waals surface area contributed by atoms with Gasteiger partial charge in [0.05, 0.1) is 6.61 Å². The number of anilines is 1. The van der Waals surface area contributed by atoms with Gasteiger partial charge in [0, 0.05) is 22.6 Å².